The molecule has 17 heteroatoms. The summed E-state index contributed by atoms with van der Waals surface area (Å²) in [5, 5.41) is 12.6. The molecule has 254 valence electrons. The maximum atomic E-state index is 13.4. The quantitative estimate of drug-likeness (QED) is 0.222. The normalized spacial score (nSPS) is 22.1. The lowest BCUT2D eigenvalue weighted by molar-refractivity contribution is -0.268. The number of carbonyl (C=O) groups excluding carboxylic acids is 5. The number of ether oxygens (including phenoxy) is 5. The number of aromatic nitrogens is 1. The van der Waals surface area contributed by atoms with Crippen molar-refractivity contribution in [3.8, 4) is 5.88 Å². The van der Waals surface area contributed by atoms with Crippen LogP contribution in [0, 0.1) is 0 Å². The molecule has 2 N–H and O–H groups in total. The van der Waals surface area contributed by atoms with Gasteiger partial charge in [-0.25, -0.2) is 18.1 Å². The highest BCUT2D eigenvalue weighted by atomic mass is 32.2. The molecule has 1 fully saturated rings. The van der Waals surface area contributed by atoms with Crippen LogP contribution in [0.5, 0.6) is 5.88 Å². The van der Waals surface area contributed by atoms with Gasteiger partial charge in [-0.3, -0.25) is 28.5 Å². The molecule has 1 saturated heterocycles. The molecular weight excluding hydrogens is 654 g/mol. The molecule has 3 aromatic rings. The topological polar surface area (TPSA) is 215 Å². The summed E-state index contributed by atoms with van der Waals surface area (Å²) in [7, 11) is -2.71. The van der Waals surface area contributed by atoms with Crippen molar-refractivity contribution in [2.24, 2.45) is 4.99 Å². The lowest BCUT2D eigenvalue weighted by Crippen LogP contribution is -2.60. The first-order chi connectivity index (χ1) is 22.6. The highest BCUT2D eigenvalue weighted by Gasteiger charge is 2.54. The van der Waals surface area contributed by atoms with Gasteiger partial charge in [-0.15, -0.1) is 0 Å². The molecule has 5 atom stereocenters. The Morgan fingerprint density at radius 2 is 1.54 bits per heavy atom. The fourth-order valence-electron chi connectivity index (χ4n) is 5.79. The van der Waals surface area contributed by atoms with Gasteiger partial charge in [-0.05, 0) is 31.3 Å². The Labute approximate surface area is 272 Å². The number of fused-ring (bicyclic) bond motifs is 2. The SMILES string of the molecule is CNS(=O)(=O)c1ccc2c(c1)=C(c1c(O)n(C3OC(COC(C)=O)C(OC(C)=O)C(OC(C)=O)C3OC(C)=O)c3ccccc13)C(=O)N=2. The van der Waals surface area contributed by atoms with Crippen LogP contribution < -0.4 is 15.3 Å². The zero-order valence-electron chi connectivity index (χ0n) is 26.3. The van der Waals surface area contributed by atoms with Crippen LogP contribution in [0.15, 0.2) is 52.4 Å². The highest BCUT2D eigenvalue weighted by Crippen LogP contribution is 2.43. The summed E-state index contributed by atoms with van der Waals surface area (Å²) >= 11 is 0. The first-order valence-electron chi connectivity index (χ1n) is 14.5. The Morgan fingerprint density at radius 3 is 2.17 bits per heavy atom. The van der Waals surface area contributed by atoms with Gasteiger partial charge in [-0.1, -0.05) is 18.2 Å². The molecular formula is C31H31N3O13S. The molecule has 2 aromatic carbocycles. The number of nitrogens with zero attached hydrogens (tertiary/aromatic N) is 2. The molecule has 16 nitrogen and oxygen atoms in total. The van der Waals surface area contributed by atoms with E-state index in [1.165, 1.54) is 29.8 Å². The maximum absolute atomic E-state index is 13.4. The van der Waals surface area contributed by atoms with Crippen molar-refractivity contribution in [1.29, 1.82) is 0 Å². The minimum absolute atomic E-state index is 0.0510. The first kappa shape index (κ1) is 34.2. The van der Waals surface area contributed by atoms with Gasteiger partial charge in [0.15, 0.2) is 24.5 Å². The Hall–Kier alpha value is -5.13. The van der Waals surface area contributed by atoms with Gasteiger partial charge in [-0.2, -0.15) is 0 Å². The number of para-hydroxylation sites is 1. The van der Waals surface area contributed by atoms with Crippen LogP contribution in [0.4, 0.5) is 0 Å². The second-order valence-corrected chi connectivity index (χ2v) is 12.7. The van der Waals surface area contributed by atoms with Crippen molar-refractivity contribution < 1.29 is 61.2 Å². The van der Waals surface area contributed by atoms with E-state index in [0.29, 0.717) is 0 Å². The Kier molecular flexibility index (Phi) is 9.39. The number of amides is 1. The van der Waals surface area contributed by atoms with Crippen molar-refractivity contribution in [2.75, 3.05) is 13.7 Å². The maximum Gasteiger partial charge on any atom is 0.303 e. The molecule has 5 unspecified atom stereocenters. The number of carbonyl (C=O) groups is 5. The average molecular weight is 686 g/mol. The summed E-state index contributed by atoms with van der Waals surface area (Å²) in [5.41, 5.74) is 0.0554. The van der Waals surface area contributed by atoms with E-state index in [4.69, 9.17) is 23.7 Å². The van der Waals surface area contributed by atoms with Crippen LogP contribution in [-0.4, -0.2) is 85.9 Å². The fourth-order valence-corrected chi connectivity index (χ4v) is 6.54. The van der Waals surface area contributed by atoms with E-state index in [1.807, 2.05) is 0 Å². The number of benzene rings is 2. The third kappa shape index (κ3) is 6.39. The predicted molar refractivity (Wildman–Crippen MR) is 162 cm³/mol. The van der Waals surface area contributed by atoms with Crippen molar-refractivity contribution >= 4 is 56.3 Å². The van der Waals surface area contributed by atoms with Crippen LogP contribution in [0.1, 0.15) is 39.5 Å². The highest BCUT2D eigenvalue weighted by molar-refractivity contribution is 7.89. The number of hydrogen-bond acceptors (Lipinski definition) is 13. The first-order valence-corrected chi connectivity index (χ1v) is 16.0. The van der Waals surface area contributed by atoms with Gasteiger partial charge in [0.25, 0.3) is 5.91 Å². The minimum Gasteiger partial charge on any atom is -0.494 e. The van der Waals surface area contributed by atoms with Crippen LogP contribution in [0.25, 0.3) is 16.5 Å². The molecule has 0 bridgehead atoms. The number of nitrogens with one attached hydrogen (secondary N) is 1. The Bertz CT molecular complexity index is 2090. The van der Waals surface area contributed by atoms with Gasteiger partial charge in [0.2, 0.25) is 15.9 Å². The van der Waals surface area contributed by atoms with Crippen LogP contribution >= 0.6 is 0 Å². The number of sulfonamides is 1. The van der Waals surface area contributed by atoms with E-state index < -0.39 is 82.9 Å². The minimum atomic E-state index is -3.94. The van der Waals surface area contributed by atoms with Gasteiger partial charge in [0.1, 0.15) is 12.7 Å². The van der Waals surface area contributed by atoms with Crippen LogP contribution in [0.2, 0.25) is 0 Å². The van der Waals surface area contributed by atoms with E-state index in [1.54, 1.807) is 24.3 Å². The lowest BCUT2D eigenvalue weighted by atomic mass is 9.97. The zero-order chi connectivity index (χ0) is 35.1. The zero-order valence-corrected chi connectivity index (χ0v) is 27.1. The molecule has 0 radical (unpaired) electrons. The Morgan fingerprint density at radius 1 is 0.917 bits per heavy atom. The van der Waals surface area contributed by atoms with Gasteiger partial charge < -0.3 is 28.8 Å². The van der Waals surface area contributed by atoms with Gasteiger partial charge in [0.05, 0.1) is 26.9 Å². The van der Waals surface area contributed by atoms with E-state index >= 15 is 0 Å². The third-order valence-corrected chi connectivity index (χ3v) is 9.02. The Balaban J connectivity index is 1.79. The molecule has 3 heterocycles. The number of esters is 4. The third-order valence-electron chi connectivity index (χ3n) is 7.61. The number of rotatable bonds is 9. The lowest BCUT2D eigenvalue weighted by Gasteiger charge is -2.45. The van der Waals surface area contributed by atoms with Gasteiger partial charge >= 0.3 is 23.9 Å². The number of aromatic hydroxyl groups is 1. The molecule has 48 heavy (non-hydrogen) atoms. The van der Waals surface area contributed by atoms with E-state index in [2.05, 4.69) is 9.71 Å². The monoisotopic (exact) mass is 685 g/mol. The van der Waals surface area contributed by atoms with Crippen molar-refractivity contribution in [2.45, 2.75) is 63.2 Å². The van der Waals surface area contributed by atoms with E-state index in [9.17, 15) is 37.5 Å². The average Bonchev–Trinajstić information content (AvgIpc) is 3.48. The van der Waals surface area contributed by atoms with Crippen LogP contribution in [0.3, 0.4) is 0 Å². The van der Waals surface area contributed by atoms with Crippen LogP contribution in [-0.2, 0) is 57.7 Å². The largest absolute Gasteiger partial charge is 0.494 e. The predicted octanol–water partition coefficient (Wildman–Crippen LogP) is -0.131. The molecule has 5 rings (SSSR count). The molecule has 2 aliphatic heterocycles. The summed E-state index contributed by atoms with van der Waals surface area (Å²) in [6.07, 6.45) is -7.43. The fraction of sp³-hybridized carbons (Fsp3) is 0.355. The molecule has 0 aliphatic carbocycles. The summed E-state index contributed by atoms with van der Waals surface area (Å²) in [6.45, 7) is 3.87. The summed E-state index contributed by atoms with van der Waals surface area (Å²) in [6, 6.07) is 10.3. The van der Waals surface area contributed by atoms with Crippen molar-refractivity contribution in [3.05, 3.63) is 58.6 Å². The smallest absolute Gasteiger partial charge is 0.303 e. The second kappa shape index (κ2) is 13.2. The summed E-state index contributed by atoms with van der Waals surface area (Å²) < 4.78 is 56.7. The molecule has 1 amide bonds. The van der Waals surface area contributed by atoms with Crippen molar-refractivity contribution in [3.63, 3.8) is 0 Å². The molecule has 1 aromatic heterocycles. The number of hydrogen-bond donors (Lipinski definition) is 2. The van der Waals surface area contributed by atoms with Crippen molar-refractivity contribution in [1.82, 2.24) is 9.29 Å². The molecule has 2 aliphatic rings. The molecule has 0 saturated carbocycles. The summed E-state index contributed by atoms with van der Waals surface area (Å²) in [4.78, 5) is 66.0. The van der Waals surface area contributed by atoms with E-state index in [-0.39, 0.29) is 37.5 Å². The summed E-state index contributed by atoms with van der Waals surface area (Å²) in [5.74, 6) is -4.59. The van der Waals surface area contributed by atoms with Gasteiger partial charge in [0, 0.05) is 38.3 Å². The van der Waals surface area contributed by atoms with E-state index in [0.717, 1.165) is 27.7 Å². The standard InChI is InChI=1S/C31H31N3O13S/c1-14(35)43-13-23-26(44-15(2)36)27(45-16(3)37)28(46-17(4)38)31(47-23)34-22-9-7-6-8-19(22)25(30(34)40)24-20-12-18(48(41,42)32-5)10-11-21(20)33-29(24)39/h6-12,23,26-28,31-32,40H,13H2,1-5H3. The second-order valence-electron chi connectivity index (χ2n) is 10.9. The molecule has 0 spiro atoms.